The molecule has 1 amide bonds. The minimum Gasteiger partial charge on any atom is -0.506 e. The molecule has 0 saturated heterocycles. The van der Waals surface area contributed by atoms with Gasteiger partial charge in [-0.25, -0.2) is 0 Å². The molecule has 6 heteroatoms. The number of aliphatic hydroxyl groups excluding tert-OH is 1. The van der Waals surface area contributed by atoms with Crippen molar-refractivity contribution in [3.05, 3.63) is 53.9 Å². The van der Waals surface area contributed by atoms with Gasteiger partial charge in [-0.3, -0.25) is 9.78 Å². The Kier molecular flexibility index (Phi) is 5.11. The van der Waals surface area contributed by atoms with E-state index in [1.807, 2.05) is 0 Å². The molecule has 21 heavy (non-hydrogen) atoms. The van der Waals surface area contributed by atoms with Crippen LogP contribution in [-0.4, -0.2) is 34.3 Å². The van der Waals surface area contributed by atoms with E-state index in [0.717, 1.165) is 11.4 Å². The van der Waals surface area contributed by atoms with Gasteiger partial charge < -0.3 is 20.8 Å². The number of rotatable bonds is 6. The van der Waals surface area contributed by atoms with E-state index < -0.39 is 0 Å². The van der Waals surface area contributed by atoms with E-state index in [0.29, 0.717) is 12.1 Å². The molecule has 0 aliphatic rings. The summed E-state index contributed by atoms with van der Waals surface area (Å²) in [5.74, 6) is -0.0761. The minimum absolute atomic E-state index is 0.0784. The number of anilines is 1. The molecular formula is C15H17N3O3. The molecular weight excluding hydrogens is 270 g/mol. The topological polar surface area (TPSA) is 94.5 Å². The molecule has 0 spiro atoms. The van der Waals surface area contributed by atoms with Crippen molar-refractivity contribution >= 4 is 11.6 Å². The zero-order chi connectivity index (χ0) is 15.1. The lowest BCUT2D eigenvalue weighted by Crippen LogP contribution is -2.26. The molecule has 0 aliphatic heterocycles. The van der Waals surface area contributed by atoms with E-state index in [4.69, 9.17) is 10.2 Å². The van der Waals surface area contributed by atoms with Crippen LogP contribution in [0.1, 0.15) is 16.1 Å². The second kappa shape index (κ2) is 7.25. The summed E-state index contributed by atoms with van der Waals surface area (Å²) in [4.78, 5) is 15.7. The maximum atomic E-state index is 11.6. The molecule has 110 valence electrons. The standard InChI is InChI=1S/C15H17N3O3/c19-8-7-16-15(21)11-1-3-12(4-2-11)17-9-13-5-6-14(20)10-18-13/h1-6,10,17,19-20H,7-9H2,(H,16,21). The van der Waals surface area contributed by atoms with Gasteiger partial charge in [0.1, 0.15) is 5.75 Å². The quantitative estimate of drug-likeness (QED) is 0.639. The van der Waals surface area contributed by atoms with Crippen LogP contribution in [0.5, 0.6) is 5.75 Å². The van der Waals surface area contributed by atoms with E-state index >= 15 is 0 Å². The number of carbonyl (C=O) groups is 1. The third-order valence-corrected chi connectivity index (χ3v) is 2.83. The highest BCUT2D eigenvalue weighted by Gasteiger charge is 2.04. The molecule has 0 bridgehead atoms. The summed E-state index contributed by atoms with van der Waals surface area (Å²) >= 11 is 0. The highest BCUT2D eigenvalue weighted by Crippen LogP contribution is 2.12. The zero-order valence-corrected chi connectivity index (χ0v) is 11.4. The van der Waals surface area contributed by atoms with Crippen molar-refractivity contribution < 1.29 is 15.0 Å². The maximum Gasteiger partial charge on any atom is 0.251 e. The Morgan fingerprint density at radius 2 is 1.90 bits per heavy atom. The zero-order valence-electron chi connectivity index (χ0n) is 11.4. The summed E-state index contributed by atoms with van der Waals surface area (Å²) in [6.07, 6.45) is 1.39. The predicted octanol–water partition coefficient (Wildman–Crippen LogP) is 1.12. The number of nitrogens with zero attached hydrogens (tertiary/aromatic N) is 1. The van der Waals surface area contributed by atoms with Crippen molar-refractivity contribution in [3.63, 3.8) is 0 Å². The Hall–Kier alpha value is -2.60. The molecule has 0 fully saturated rings. The molecule has 0 aliphatic carbocycles. The highest BCUT2D eigenvalue weighted by atomic mass is 16.3. The molecule has 0 saturated carbocycles. The van der Waals surface area contributed by atoms with Gasteiger partial charge in [-0.1, -0.05) is 0 Å². The van der Waals surface area contributed by atoms with Gasteiger partial charge in [-0.15, -0.1) is 0 Å². The van der Waals surface area contributed by atoms with E-state index in [1.165, 1.54) is 6.20 Å². The number of aromatic hydroxyl groups is 1. The van der Waals surface area contributed by atoms with Crippen LogP contribution in [0.3, 0.4) is 0 Å². The molecule has 1 aromatic carbocycles. The lowest BCUT2D eigenvalue weighted by molar-refractivity contribution is 0.0945. The van der Waals surface area contributed by atoms with Gasteiger partial charge in [0.05, 0.1) is 25.0 Å². The van der Waals surface area contributed by atoms with Crippen LogP contribution < -0.4 is 10.6 Å². The number of benzene rings is 1. The molecule has 0 radical (unpaired) electrons. The minimum atomic E-state index is -0.212. The number of aliphatic hydroxyl groups is 1. The summed E-state index contributed by atoms with van der Waals surface area (Å²) in [6.45, 7) is 0.687. The smallest absolute Gasteiger partial charge is 0.251 e. The van der Waals surface area contributed by atoms with Gasteiger partial charge in [0.25, 0.3) is 5.91 Å². The average Bonchev–Trinajstić information content (AvgIpc) is 2.52. The SMILES string of the molecule is O=C(NCCO)c1ccc(NCc2ccc(O)cn2)cc1. The van der Waals surface area contributed by atoms with Gasteiger partial charge in [0.15, 0.2) is 0 Å². The molecule has 2 aromatic rings. The van der Waals surface area contributed by atoms with E-state index in [9.17, 15) is 4.79 Å². The summed E-state index contributed by atoms with van der Waals surface area (Å²) < 4.78 is 0. The number of hydrogen-bond donors (Lipinski definition) is 4. The Morgan fingerprint density at radius 1 is 1.14 bits per heavy atom. The monoisotopic (exact) mass is 287 g/mol. The van der Waals surface area contributed by atoms with Crippen LogP contribution in [0.15, 0.2) is 42.6 Å². The molecule has 0 unspecified atom stereocenters. The molecule has 6 nitrogen and oxygen atoms in total. The first-order valence-corrected chi connectivity index (χ1v) is 6.56. The van der Waals surface area contributed by atoms with E-state index in [2.05, 4.69) is 15.6 Å². The van der Waals surface area contributed by atoms with Crippen LogP contribution >= 0.6 is 0 Å². The number of nitrogens with one attached hydrogen (secondary N) is 2. The van der Waals surface area contributed by atoms with Gasteiger partial charge in [0, 0.05) is 17.8 Å². The van der Waals surface area contributed by atoms with Gasteiger partial charge in [-0.05, 0) is 36.4 Å². The van der Waals surface area contributed by atoms with Crippen LogP contribution in [0, 0.1) is 0 Å². The number of carbonyl (C=O) groups excluding carboxylic acids is 1. The van der Waals surface area contributed by atoms with Crippen LogP contribution in [-0.2, 0) is 6.54 Å². The second-order valence-electron chi connectivity index (χ2n) is 4.42. The lowest BCUT2D eigenvalue weighted by atomic mass is 10.2. The Bertz CT molecular complexity index is 582. The third kappa shape index (κ3) is 4.47. The van der Waals surface area contributed by atoms with Crippen molar-refractivity contribution in [1.29, 1.82) is 0 Å². The fraction of sp³-hybridized carbons (Fsp3) is 0.200. The molecule has 4 N–H and O–H groups in total. The van der Waals surface area contributed by atoms with Crippen LogP contribution in [0.4, 0.5) is 5.69 Å². The molecule has 1 aromatic heterocycles. The van der Waals surface area contributed by atoms with Crippen molar-refractivity contribution in [3.8, 4) is 5.75 Å². The summed E-state index contributed by atoms with van der Waals surface area (Å²) in [5.41, 5.74) is 2.21. The first-order valence-electron chi connectivity index (χ1n) is 6.56. The number of amides is 1. The maximum absolute atomic E-state index is 11.6. The summed E-state index contributed by atoms with van der Waals surface area (Å²) in [7, 11) is 0. The number of aromatic nitrogens is 1. The first-order chi connectivity index (χ1) is 10.2. The predicted molar refractivity (Wildman–Crippen MR) is 79.1 cm³/mol. The van der Waals surface area contributed by atoms with Gasteiger partial charge in [0.2, 0.25) is 0 Å². The largest absolute Gasteiger partial charge is 0.506 e. The summed E-state index contributed by atoms with van der Waals surface area (Å²) in [6, 6.07) is 10.3. The molecule has 0 atom stereocenters. The molecule has 2 rings (SSSR count). The fourth-order valence-electron chi connectivity index (χ4n) is 1.72. The third-order valence-electron chi connectivity index (χ3n) is 2.83. The van der Waals surface area contributed by atoms with E-state index in [1.54, 1.807) is 36.4 Å². The van der Waals surface area contributed by atoms with Gasteiger partial charge in [-0.2, -0.15) is 0 Å². The number of pyridine rings is 1. The highest BCUT2D eigenvalue weighted by molar-refractivity contribution is 5.94. The van der Waals surface area contributed by atoms with E-state index in [-0.39, 0.29) is 24.8 Å². The van der Waals surface area contributed by atoms with Crippen molar-refractivity contribution in [1.82, 2.24) is 10.3 Å². The van der Waals surface area contributed by atoms with Crippen molar-refractivity contribution in [2.45, 2.75) is 6.54 Å². The average molecular weight is 287 g/mol. The molecule has 1 heterocycles. The first kappa shape index (κ1) is 14.8. The normalized spacial score (nSPS) is 10.1. The number of hydrogen-bond acceptors (Lipinski definition) is 5. The lowest BCUT2D eigenvalue weighted by Gasteiger charge is -2.07. The van der Waals surface area contributed by atoms with Crippen LogP contribution in [0.25, 0.3) is 0 Å². The van der Waals surface area contributed by atoms with Crippen molar-refractivity contribution in [2.24, 2.45) is 0 Å². The fourth-order valence-corrected chi connectivity index (χ4v) is 1.72. The Balaban J connectivity index is 1.90. The second-order valence-corrected chi connectivity index (χ2v) is 4.42. The van der Waals surface area contributed by atoms with Crippen LogP contribution in [0.2, 0.25) is 0 Å². The van der Waals surface area contributed by atoms with Gasteiger partial charge >= 0.3 is 0 Å². The van der Waals surface area contributed by atoms with Crippen molar-refractivity contribution in [2.75, 3.05) is 18.5 Å². The summed E-state index contributed by atoms with van der Waals surface area (Å²) in [5, 5.41) is 23.6. The Labute approximate surface area is 122 Å². The Morgan fingerprint density at radius 3 is 2.52 bits per heavy atom.